The summed E-state index contributed by atoms with van der Waals surface area (Å²) in [6.07, 6.45) is 4.27. The Bertz CT molecular complexity index is 825. The van der Waals surface area contributed by atoms with E-state index in [9.17, 15) is 4.79 Å². The number of carbonyl (C=O) groups is 1. The molecule has 1 aromatic carbocycles. The quantitative estimate of drug-likeness (QED) is 0.708. The molecule has 4 heteroatoms. The average Bonchev–Trinajstić information content (AvgIpc) is 3.04. The van der Waals surface area contributed by atoms with Gasteiger partial charge in [-0.2, -0.15) is 0 Å². The summed E-state index contributed by atoms with van der Waals surface area (Å²) < 4.78 is 0. The molecule has 4 nitrogen and oxygen atoms in total. The standard InChI is InChI=1S/C16H15N3O/c1-9-14-10(4-3-7-13(14)20)15(19-9)11-5-2-6-12-16(11)18-8-17-12/h2,5-6,8,19H,3-4,7H2,1H3,(H,17,18). The van der Waals surface area contributed by atoms with E-state index in [0.29, 0.717) is 6.42 Å². The van der Waals surface area contributed by atoms with Crippen LogP contribution in [0.3, 0.4) is 0 Å². The zero-order chi connectivity index (χ0) is 13.7. The normalized spacial score (nSPS) is 14.8. The molecule has 0 atom stereocenters. The van der Waals surface area contributed by atoms with E-state index < -0.39 is 0 Å². The molecule has 1 aliphatic carbocycles. The highest BCUT2D eigenvalue weighted by Crippen LogP contribution is 2.35. The van der Waals surface area contributed by atoms with Crippen LogP contribution in [-0.4, -0.2) is 20.7 Å². The van der Waals surface area contributed by atoms with Gasteiger partial charge in [0.1, 0.15) is 0 Å². The van der Waals surface area contributed by atoms with Crippen molar-refractivity contribution in [1.29, 1.82) is 0 Å². The van der Waals surface area contributed by atoms with Gasteiger partial charge in [0, 0.05) is 23.2 Å². The number of H-pyrrole nitrogens is 2. The Morgan fingerprint density at radius 1 is 1.25 bits per heavy atom. The topological polar surface area (TPSA) is 61.5 Å². The molecular weight excluding hydrogens is 250 g/mol. The summed E-state index contributed by atoms with van der Waals surface area (Å²) in [5.74, 6) is 0.264. The molecule has 0 saturated carbocycles. The Kier molecular flexibility index (Phi) is 2.33. The lowest BCUT2D eigenvalue weighted by Crippen LogP contribution is -2.09. The van der Waals surface area contributed by atoms with Crippen molar-refractivity contribution in [3.8, 4) is 11.3 Å². The molecule has 3 aromatic rings. The Balaban J connectivity index is 2.02. The van der Waals surface area contributed by atoms with Gasteiger partial charge in [0.05, 0.1) is 23.1 Å². The summed E-state index contributed by atoms with van der Waals surface area (Å²) in [5, 5.41) is 0. The van der Waals surface area contributed by atoms with Gasteiger partial charge in [-0.25, -0.2) is 4.98 Å². The smallest absolute Gasteiger partial charge is 0.164 e. The minimum atomic E-state index is 0.264. The number of Topliss-reactive ketones (excluding diaryl/α,β-unsaturated/α-hetero) is 1. The second-order valence-electron chi connectivity index (χ2n) is 5.36. The van der Waals surface area contributed by atoms with E-state index in [4.69, 9.17) is 0 Å². The highest BCUT2D eigenvalue weighted by atomic mass is 16.1. The first kappa shape index (κ1) is 11.5. The van der Waals surface area contributed by atoms with Gasteiger partial charge < -0.3 is 9.97 Å². The largest absolute Gasteiger partial charge is 0.358 e. The van der Waals surface area contributed by atoms with Gasteiger partial charge >= 0.3 is 0 Å². The number of nitrogens with zero attached hydrogens (tertiary/aromatic N) is 1. The van der Waals surface area contributed by atoms with Crippen LogP contribution in [0.4, 0.5) is 0 Å². The van der Waals surface area contributed by atoms with Crippen molar-refractivity contribution < 1.29 is 4.79 Å². The minimum Gasteiger partial charge on any atom is -0.358 e. The highest BCUT2D eigenvalue weighted by Gasteiger charge is 2.25. The number of ketones is 1. The van der Waals surface area contributed by atoms with Gasteiger partial charge in [0.2, 0.25) is 0 Å². The molecular formula is C16H15N3O. The molecule has 0 amide bonds. The number of aryl methyl sites for hydroxylation is 1. The van der Waals surface area contributed by atoms with Crippen LogP contribution in [0.2, 0.25) is 0 Å². The van der Waals surface area contributed by atoms with Crippen LogP contribution in [0.5, 0.6) is 0 Å². The lowest BCUT2D eigenvalue weighted by molar-refractivity contribution is 0.0972. The number of rotatable bonds is 1. The Hall–Kier alpha value is -2.36. The first-order valence-electron chi connectivity index (χ1n) is 6.93. The molecule has 0 aliphatic heterocycles. The molecule has 0 unspecified atom stereocenters. The molecule has 2 aromatic heterocycles. The molecule has 0 saturated heterocycles. The van der Waals surface area contributed by atoms with Crippen molar-refractivity contribution in [2.24, 2.45) is 0 Å². The van der Waals surface area contributed by atoms with Crippen LogP contribution in [-0.2, 0) is 6.42 Å². The fraction of sp³-hybridized carbons (Fsp3) is 0.250. The van der Waals surface area contributed by atoms with Crippen LogP contribution in [0.15, 0.2) is 24.5 Å². The number of imidazole rings is 1. The van der Waals surface area contributed by atoms with E-state index in [2.05, 4.69) is 21.0 Å². The Morgan fingerprint density at radius 3 is 3.05 bits per heavy atom. The van der Waals surface area contributed by atoms with Gasteiger partial charge in [0.15, 0.2) is 5.78 Å². The second kappa shape index (κ2) is 4.07. The molecule has 1 aliphatic rings. The lowest BCUT2D eigenvalue weighted by atomic mass is 9.89. The van der Waals surface area contributed by atoms with Gasteiger partial charge in [-0.3, -0.25) is 4.79 Å². The number of fused-ring (bicyclic) bond motifs is 2. The van der Waals surface area contributed by atoms with Crippen molar-refractivity contribution in [2.75, 3.05) is 0 Å². The SMILES string of the molecule is Cc1[nH]c(-c2cccc3[nH]cnc23)c2c1C(=O)CCC2. The van der Waals surface area contributed by atoms with Crippen molar-refractivity contribution in [2.45, 2.75) is 26.2 Å². The average molecular weight is 265 g/mol. The van der Waals surface area contributed by atoms with Crippen molar-refractivity contribution in [1.82, 2.24) is 15.0 Å². The third-order valence-corrected chi connectivity index (χ3v) is 4.12. The number of carbonyl (C=O) groups excluding carboxylic acids is 1. The van der Waals surface area contributed by atoms with Crippen LogP contribution in [0.1, 0.15) is 34.5 Å². The fourth-order valence-electron chi connectivity index (χ4n) is 3.25. The summed E-state index contributed by atoms with van der Waals surface area (Å²) in [4.78, 5) is 23.1. The summed E-state index contributed by atoms with van der Waals surface area (Å²) in [6, 6.07) is 6.09. The number of aromatic nitrogens is 3. The third-order valence-electron chi connectivity index (χ3n) is 4.12. The van der Waals surface area contributed by atoms with Gasteiger partial charge in [-0.15, -0.1) is 0 Å². The maximum atomic E-state index is 12.1. The third kappa shape index (κ3) is 1.48. The van der Waals surface area contributed by atoms with Crippen molar-refractivity contribution >= 4 is 16.8 Å². The molecule has 2 N–H and O–H groups in total. The summed E-state index contributed by atoms with van der Waals surface area (Å²) in [7, 11) is 0. The monoisotopic (exact) mass is 265 g/mol. The predicted molar refractivity (Wildman–Crippen MR) is 77.9 cm³/mol. The van der Waals surface area contributed by atoms with Gasteiger partial charge in [-0.05, 0) is 31.4 Å². The number of aromatic amines is 2. The second-order valence-corrected chi connectivity index (χ2v) is 5.36. The maximum absolute atomic E-state index is 12.1. The van der Waals surface area contributed by atoms with E-state index in [0.717, 1.165) is 52.0 Å². The first-order valence-corrected chi connectivity index (χ1v) is 6.93. The first-order chi connectivity index (χ1) is 9.75. The molecule has 4 rings (SSSR count). The van der Waals surface area contributed by atoms with Gasteiger partial charge in [-0.1, -0.05) is 12.1 Å². The van der Waals surface area contributed by atoms with Gasteiger partial charge in [0.25, 0.3) is 0 Å². The van der Waals surface area contributed by atoms with Crippen molar-refractivity contribution in [3.63, 3.8) is 0 Å². The number of nitrogens with one attached hydrogen (secondary N) is 2. The van der Waals surface area contributed by atoms with Crippen LogP contribution < -0.4 is 0 Å². The minimum absolute atomic E-state index is 0.264. The van der Waals surface area contributed by atoms with E-state index in [-0.39, 0.29) is 5.78 Å². The molecule has 0 radical (unpaired) electrons. The zero-order valence-electron chi connectivity index (χ0n) is 11.3. The van der Waals surface area contributed by atoms with E-state index in [1.807, 2.05) is 19.1 Å². The number of benzene rings is 1. The molecule has 100 valence electrons. The number of para-hydroxylation sites is 1. The molecule has 0 bridgehead atoms. The maximum Gasteiger partial charge on any atom is 0.164 e. The van der Waals surface area contributed by atoms with Crippen molar-refractivity contribution in [3.05, 3.63) is 41.3 Å². The van der Waals surface area contributed by atoms with E-state index >= 15 is 0 Å². The zero-order valence-corrected chi connectivity index (χ0v) is 11.3. The molecule has 20 heavy (non-hydrogen) atoms. The van der Waals surface area contributed by atoms with Crippen LogP contribution in [0.25, 0.3) is 22.3 Å². The summed E-state index contributed by atoms with van der Waals surface area (Å²) in [6.45, 7) is 1.98. The predicted octanol–water partition coefficient (Wildman–Crippen LogP) is 3.39. The Labute approximate surface area is 116 Å². The number of hydrogen-bond donors (Lipinski definition) is 2. The van der Waals surface area contributed by atoms with E-state index in [1.165, 1.54) is 0 Å². The molecule has 0 spiro atoms. The Morgan fingerprint density at radius 2 is 2.15 bits per heavy atom. The fourth-order valence-corrected chi connectivity index (χ4v) is 3.25. The highest BCUT2D eigenvalue weighted by molar-refractivity contribution is 6.03. The lowest BCUT2D eigenvalue weighted by Gasteiger charge is -2.12. The summed E-state index contributed by atoms with van der Waals surface area (Å²) in [5.41, 5.74) is 7.14. The van der Waals surface area contributed by atoms with E-state index in [1.54, 1.807) is 6.33 Å². The molecule has 0 fully saturated rings. The van der Waals surface area contributed by atoms with Crippen LogP contribution >= 0.6 is 0 Å². The van der Waals surface area contributed by atoms with Crippen LogP contribution in [0, 0.1) is 6.92 Å². The molecule has 2 heterocycles. The summed E-state index contributed by atoms with van der Waals surface area (Å²) >= 11 is 0. The number of hydrogen-bond acceptors (Lipinski definition) is 2.